The van der Waals surface area contributed by atoms with E-state index in [1.807, 2.05) is 0 Å². The normalized spacial score (nSPS) is 10.9. The van der Waals surface area contributed by atoms with Crippen LogP contribution in [-0.4, -0.2) is 23.3 Å². The van der Waals surface area contributed by atoms with Crippen molar-refractivity contribution in [2.45, 2.75) is 11.8 Å². The van der Waals surface area contributed by atoms with Gasteiger partial charge < -0.3 is 10.1 Å². The number of nitrogens with one attached hydrogen (secondary N) is 1. The van der Waals surface area contributed by atoms with Gasteiger partial charge in [0.05, 0.1) is 6.61 Å². The van der Waals surface area contributed by atoms with Crippen molar-refractivity contribution in [2.75, 3.05) is 11.9 Å². The zero-order valence-electron chi connectivity index (χ0n) is 11.1. The van der Waals surface area contributed by atoms with Crippen molar-refractivity contribution in [3.8, 4) is 6.07 Å². The molecule has 0 spiro atoms. The number of rotatable bonds is 5. The van der Waals surface area contributed by atoms with E-state index in [0.717, 1.165) is 0 Å². The quantitative estimate of drug-likeness (QED) is 0.390. The predicted molar refractivity (Wildman–Crippen MR) is 80.8 cm³/mol. The second kappa shape index (κ2) is 8.30. The maximum atomic E-state index is 11.5. The number of nitrogens with zero attached hydrogens (tertiary/aromatic N) is 1. The Morgan fingerprint density at radius 3 is 2.48 bits per heavy atom. The Labute approximate surface area is 132 Å². The second-order valence-electron chi connectivity index (χ2n) is 3.80. The number of anilines is 1. The minimum atomic E-state index is -1.15. The van der Waals surface area contributed by atoms with E-state index in [9.17, 15) is 9.59 Å². The summed E-state index contributed by atoms with van der Waals surface area (Å²) in [4.78, 5) is 21.6. The average Bonchev–Trinajstić information content (AvgIpc) is 2.46. The summed E-state index contributed by atoms with van der Waals surface area (Å²) >= 11 is 10.8. The highest BCUT2D eigenvalue weighted by Gasteiger charge is 2.12. The minimum absolute atomic E-state index is 0.102. The SMILES string of the molecule is CCOC(=O)/C(C#N)=C/c1ccc(NC(=O)C(Cl)Cl)cc1. The molecule has 0 radical (unpaired) electrons. The van der Waals surface area contributed by atoms with Crippen LogP contribution in [0.5, 0.6) is 0 Å². The first kappa shape index (κ1) is 17.0. The number of amides is 1. The lowest BCUT2D eigenvalue weighted by molar-refractivity contribution is -0.137. The van der Waals surface area contributed by atoms with Gasteiger partial charge in [0.2, 0.25) is 0 Å². The van der Waals surface area contributed by atoms with Crippen LogP contribution in [0.15, 0.2) is 29.8 Å². The lowest BCUT2D eigenvalue weighted by Crippen LogP contribution is -2.18. The molecule has 110 valence electrons. The Balaban J connectivity index is 2.85. The molecule has 1 amide bonds. The van der Waals surface area contributed by atoms with Crippen LogP contribution in [0, 0.1) is 11.3 Å². The molecule has 1 rings (SSSR count). The summed E-state index contributed by atoms with van der Waals surface area (Å²) in [6.45, 7) is 1.85. The molecule has 0 bridgehead atoms. The van der Waals surface area contributed by atoms with Crippen molar-refractivity contribution in [3.63, 3.8) is 0 Å². The zero-order valence-corrected chi connectivity index (χ0v) is 12.6. The van der Waals surface area contributed by atoms with Crippen LogP contribution < -0.4 is 5.32 Å². The van der Waals surface area contributed by atoms with Crippen LogP contribution in [0.25, 0.3) is 6.08 Å². The van der Waals surface area contributed by atoms with Crippen LogP contribution in [0.4, 0.5) is 5.69 Å². The molecule has 1 N–H and O–H groups in total. The van der Waals surface area contributed by atoms with Gasteiger partial charge in [0.15, 0.2) is 4.84 Å². The van der Waals surface area contributed by atoms with E-state index in [1.165, 1.54) is 6.08 Å². The summed E-state index contributed by atoms with van der Waals surface area (Å²) in [5.41, 5.74) is 1.01. The molecule has 0 fully saturated rings. The van der Waals surface area contributed by atoms with Gasteiger partial charge in [-0.15, -0.1) is 0 Å². The molecule has 0 saturated heterocycles. The third kappa shape index (κ3) is 5.46. The van der Waals surface area contributed by atoms with E-state index in [4.69, 9.17) is 33.2 Å². The van der Waals surface area contributed by atoms with Crippen molar-refractivity contribution < 1.29 is 14.3 Å². The molecule has 0 saturated carbocycles. The first-order valence-electron chi connectivity index (χ1n) is 5.96. The first-order valence-corrected chi connectivity index (χ1v) is 6.83. The lowest BCUT2D eigenvalue weighted by atomic mass is 10.1. The van der Waals surface area contributed by atoms with Crippen molar-refractivity contribution in [1.82, 2.24) is 0 Å². The van der Waals surface area contributed by atoms with E-state index in [-0.39, 0.29) is 12.2 Å². The first-order chi connectivity index (χ1) is 9.97. The number of ether oxygens (including phenoxy) is 1. The highest BCUT2D eigenvalue weighted by Crippen LogP contribution is 2.14. The Bertz CT molecular complexity index is 589. The average molecular weight is 327 g/mol. The summed E-state index contributed by atoms with van der Waals surface area (Å²) in [7, 11) is 0. The highest BCUT2D eigenvalue weighted by molar-refractivity contribution is 6.54. The Hall–Kier alpha value is -2.03. The maximum Gasteiger partial charge on any atom is 0.348 e. The van der Waals surface area contributed by atoms with Crippen molar-refractivity contribution in [3.05, 3.63) is 35.4 Å². The molecule has 0 aliphatic heterocycles. The van der Waals surface area contributed by atoms with Crippen LogP contribution in [-0.2, 0) is 14.3 Å². The molecular formula is C14H12Cl2N2O3. The Kier molecular flexibility index (Phi) is 6.73. The van der Waals surface area contributed by atoms with Crippen LogP contribution in [0.3, 0.4) is 0 Å². The van der Waals surface area contributed by atoms with E-state index >= 15 is 0 Å². The number of alkyl halides is 2. The third-order valence-corrected chi connectivity index (χ3v) is 2.70. The molecule has 0 unspecified atom stereocenters. The van der Waals surface area contributed by atoms with Gasteiger partial charge >= 0.3 is 5.97 Å². The topological polar surface area (TPSA) is 79.2 Å². The number of hydrogen-bond acceptors (Lipinski definition) is 4. The molecule has 0 aliphatic rings. The molecular weight excluding hydrogens is 315 g/mol. The van der Waals surface area contributed by atoms with Crippen LogP contribution in [0.1, 0.15) is 12.5 Å². The fourth-order valence-electron chi connectivity index (χ4n) is 1.37. The summed E-state index contributed by atoms with van der Waals surface area (Å²) in [5.74, 6) is -1.21. The van der Waals surface area contributed by atoms with E-state index in [0.29, 0.717) is 11.3 Å². The molecule has 0 atom stereocenters. The van der Waals surface area contributed by atoms with E-state index in [2.05, 4.69) is 5.32 Å². The third-order valence-electron chi connectivity index (χ3n) is 2.30. The lowest BCUT2D eigenvalue weighted by Gasteiger charge is -2.05. The number of esters is 1. The van der Waals surface area contributed by atoms with Crippen molar-refractivity contribution in [2.24, 2.45) is 0 Å². The van der Waals surface area contributed by atoms with Gasteiger partial charge in [-0.05, 0) is 30.7 Å². The van der Waals surface area contributed by atoms with Gasteiger partial charge in [-0.25, -0.2) is 4.79 Å². The van der Waals surface area contributed by atoms with Crippen LogP contribution >= 0.6 is 23.2 Å². The smallest absolute Gasteiger partial charge is 0.348 e. The Morgan fingerprint density at radius 1 is 1.38 bits per heavy atom. The van der Waals surface area contributed by atoms with E-state index < -0.39 is 16.7 Å². The monoisotopic (exact) mass is 326 g/mol. The van der Waals surface area contributed by atoms with Crippen LogP contribution in [0.2, 0.25) is 0 Å². The second-order valence-corrected chi connectivity index (χ2v) is 4.90. The summed E-state index contributed by atoms with van der Waals surface area (Å²) in [6, 6.07) is 8.23. The predicted octanol–water partition coefficient (Wildman–Crippen LogP) is 2.90. The number of carbonyl (C=O) groups is 2. The fourth-order valence-corrected chi connectivity index (χ4v) is 1.48. The summed E-state index contributed by atoms with van der Waals surface area (Å²) < 4.78 is 4.75. The minimum Gasteiger partial charge on any atom is -0.462 e. The molecule has 0 heterocycles. The molecule has 7 heteroatoms. The number of benzene rings is 1. The van der Waals surface area contributed by atoms with E-state index in [1.54, 1.807) is 37.3 Å². The number of carbonyl (C=O) groups excluding carboxylic acids is 2. The van der Waals surface area contributed by atoms with Gasteiger partial charge in [-0.1, -0.05) is 35.3 Å². The highest BCUT2D eigenvalue weighted by atomic mass is 35.5. The molecule has 1 aromatic carbocycles. The molecule has 5 nitrogen and oxygen atoms in total. The number of nitriles is 1. The van der Waals surface area contributed by atoms with Gasteiger partial charge in [0.1, 0.15) is 11.6 Å². The number of halogens is 2. The molecule has 0 aromatic heterocycles. The standard InChI is InChI=1S/C14H12Cl2N2O3/c1-2-21-14(20)10(8-17)7-9-3-5-11(6-4-9)18-13(19)12(15)16/h3-7,12H,2H2,1H3,(H,18,19)/b10-7+. The Morgan fingerprint density at radius 2 is 2.00 bits per heavy atom. The summed E-state index contributed by atoms with van der Waals surface area (Å²) in [6.07, 6.45) is 1.40. The zero-order chi connectivity index (χ0) is 15.8. The molecule has 1 aromatic rings. The largest absolute Gasteiger partial charge is 0.462 e. The van der Waals surface area contributed by atoms with Gasteiger partial charge in [0, 0.05) is 5.69 Å². The van der Waals surface area contributed by atoms with Gasteiger partial charge in [-0.2, -0.15) is 5.26 Å². The molecule has 0 aliphatic carbocycles. The summed E-state index contributed by atoms with van der Waals surface area (Å²) in [5, 5.41) is 11.4. The van der Waals surface area contributed by atoms with Crippen molar-refractivity contribution >= 4 is 46.8 Å². The fraction of sp³-hybridized carbons (Fsp3) is 0.214. The van der Waals surface area contributed by atoms with Gasteiger partial charge in [0.25, 0.3) is 5.91 Å². The maximum absolute atomic E-state index is 11.5. The number of hydrogen-bond donors (Lipinski definition) is 1. The van der Waals surface area contributed by atoms with Crippen molar-refractivity contribution in [1.29, 1.82) is 5.26 Å². The molecule has 21 heavy (non-hydrogen) atoms. The van der Waals surface area contributed by atoms with Gasteiger partial charge in [-0.3, -0.25) is 4.79 Å².